The van der Waals surface area contributed by atoms with Gasteiger partial charge < -0.3 is 10.2 Å². The SMILES string of the molecule is Cc1ccccc1CSCC(=O)NCCCN1CCCCC1. The van der Waals surface area contributed by atoms with Crippen LogP contribution >= 0.6 is 11.8 Å². The number of carbonyl (C=O) groups excluding carboxylic acids is 1. The second-order valence-electron chi connectivity index (χ2n) is 6.03. The molecule has 0 saturated carbocycles. The Morgan fingerprint density at radius 1 is 1.23 bits per heavy atom. The molecule has 1 amide bonds. The molecule has 1 fully saturated rings. The average molecular weight is 321 g/mol. The van der Waals surface area contributed by atoms with Gasteiger partial charge in [-0.1, -0.05) is 30.7 Å². The first-order valence-corrected chi connectivity index (χ1v) is 9.52. The molecule has 2 rings (SSSR count). The molecule has 0 unspecified atom stereocenters. The number of benzene rings is 1. The Morgan fingerprint density at radius 3 is 2.77 bits per heavy atom. The third-order valence-electron chi connectivity index (χ3n) is 4.17. The molecule has 1 aliphatic heterocycles. The monoisotopic (exact) mass is 320 g/mol. The average Bonchev–Trinajstić information content (AvgIpc) is 2.54. The summed E-state index contributed by atoms with van der Waals surface area (Å²) in [4.78, 5) is 14.3. The van der Waals surface area contributed by atoms with Crippen molar-refractivity contribution < 1.29 is 4.79 Å². The van der Waals surface area contributed by atoms with Crippen molar-refractivity contribution in [2.24, 2.45) is 0 Å². The molecule has 0 radical (unpaired) electrons. The predicted molar refractivity (Wildman–Crippen MR) is 95.3 cm³/mol. The molecular weight excluding hydrogens is 292 g/mol. The van der Waals surface area contributed by atoms with E-state index in [0.717, 1.165) is 25.3 Å². The molecule has 4 heteroatoms. The van der Waals surface area contributed by atoms with Crippen molar-refractivity contribution in [1.82, 2.24) is 10.2 Å². The van der Waals surface area contributed by atoms with Crippen LogP contribution in [0, 0.1) is 6.92 Å². The number of nitrogens with zero attached hydrogens (tertiary/aromatic N) is 1. The molecule has 1 heterocycles. The number of nitrogens with one attached hydrogen (secondary N) is 1. The Hall–Kier alpha value is -1.00. The number of amides is 1. The van der Waals surface area contributed by atoms with E-state index in [2.05, 4.69) is 41.4 Å². The lowest BCUT2D eigenvalue weighted by Gasteiger charge is -2.26. The van der Waals surface area contributed by atoms with E-state index in [-0.39, 0.29) is 5.91 Å². The molecule has 1 saturated heterocycles. The predicted octanol–water partition coefficient (Wildman–Crippen LogP) is 3.22. The molecule has 0 aliphatic carbocycles. The van der Waals surface area contributed by atoms with Crippen LogP contribution in [0.15, 0.2) is 24.3 Å². The minimum atomic E-state index is 0.164. The van der Waals surface area contributed by atoms with Gasteiger partial charge in [-0.2, -0.15) is 0 Å². The van der Waals surface area contributed by atoms with Crippen molar-refractivity contribution in [2.45, 2.75) is 38.4 Å². The molecule has 1 aromatic rings. The van der Waals surface area contributed by atoms with Gasteiger partial charge >= 0.3 is 0 Å². The molecule has 22 heavy (non-hydrogen) atoms. The van der Waals surface area contributed by atoms with Crippen LogP contribution in [0.5, 0.6) is 0 Å². The molecule has 1 aliphatic rings. The summed E-state index contributed by atoms with van der Waals surface area (Å²) in [5.41, 5.74) is 2.63. The third kappa shape index (κ3) is 6.41. The lowest BCUT2D eigenvalue weighted by molar-refractivity contribution is -0.118. The summed E-state index contributed by atoms with van der Waals surface area (Å²) in [7, 11) is 0. The highest BCUT2D eigenvalue weighted by Crippen LogP contribution is 2.15. The van der Waals surface area contributed by atoms with Gasteiger partial charge in [0.05, 0.1) is 5.75 Å². The zero-order chi connectivity index (χ0) is 15.6. The Morgan fingerprint density at radius 2 is 2.00 bits per heavy atom. The fourth-order valence-electron chi connectivity index (χ4n) is 2.79. The normalized spacial score (nSPS) is 15.7. The summed E-state index contributed by atoms with van der Waals surface area (Å²) in [6.45, 7) is 6.52. The van der Waals surface area contributed by atoms with Crippen LogP contribution in [0.4, 0.5) is 0 Å². The van der Waals surface area contributed by atoms with E-state index >= 15 is 0 Å². The van der Waals surface area contributed by atoms with E-state index in [1.165, 1.54) is 43.5 Å². The molecule has 1 N–H and O–H groups in total. The van der Waals surface area contributed by atoms with E-state index in [0.29, 0.717) is 5.75 Å². The Bertz CT molecular complexity index is 458. The van der Waals surface area contributed by atoms with Crippen molar-refractivity contribution in [3.8, 4) is 0 Å². The van der Waals surface area contributed by atoms with E-state index in [1.807, 2.05) is 0 Å². The van der Waals surface area contributed by atoms with Gasteiger partial charge in [0, 0.05) is 12.3 Å². The summed E-state index contributed by atoms with van der Waals surface area (Å²) in [6.07, 6.45) is 5.11. The topological polar surface area (TPSA) is 32.3 Å². The Labute approximate surface area is 138 Å². The number of hydrogen-bond donors (Lipinski definition) is 1. The van der Waals surface area contributed by atoms with Gasteiger partial charge in [-0.25, -0.2) is 0 Å². The Balaban J connectivity index is 1.51. The van der Waals surface area contributed by atoms with Gasteiger partial charge in [-0.3, -0.25) is 4.79 Å². The van der Waals surface area contributed by atoms with Crippen LogP contribution < -0.4 is 5.32 Å². The highest BCUT2D eigenvalue weighted by Gasteiger charge is 2.09. The molecule has 3 nitrogen and oxygen atoms in total. The number of carbonyl (C=O) groups is 1. The number of hydrogen-bond acceptors (Lipinski definition) is 3. The number of piperidine rings is 1. The van der Waals surface area contributed by atoms with Gasteiger partial charge in [-0.05, 0) is 56.9 Å². The van der Waals surface area contributed by atoms with Crippen LogP contribution in [0.2, 0.25) is 0 Å². The van der Waals surface area contributed by atoms with Crippen LogP contribution in [-0.4, -0.2) is 42.7 Å². The largest absolute Gasteiger partial charge is 0.355 e. The fourth-order valence-corrected chi connectivity index (χ4v) is 3.72. The number of rotatable bonds is 8. The van der Waals surface area contributed by atoms with Crippen LogP contribution in [0.25, 0.3) is 0 Å². The lowest BCUT2D eigenvalue weighted by atomic mass is 10.1. The van der Waals surface area contributed by atoms with E-state index in [9.17, 15) is 4.79 Å². The zero-order valence-corrected chi connectivity index (χ0v) is 14.5. The fraction of sp³-hybridized carbons (Fsp3) is 0.611. The first-order chi connectivity index (χ1) is 10.8. The zero-order valence-electron chi connectivity index (χ0n) is 13.6. The van der Waals surface area contributed by atoms with E-state index in [1.54, 1.807) is 11.8 Å². The molecule has 0 atom stereocenters. The van der Waals surface area contributed by atoms with Crippen LogP contribution in [0.3, 0.4) is 0 Å². The lowest BCUT2D eigenvalue weighted by Crippen LogP contribution is -2.33. The molecular formula is C18H28N2OS. The maximum Gasteiger partial charge on any atom is 0.230 e. The summed E-state index contributed by atoms with van der Waals surface area (Å²) in [5, 5.41) is 3.04. The van der Waals surface area contributed by atoms with E-state index < -0.39 is 0 Å². The highest BCUT2D eigenvalue weighted by molar-refractivity contribution is 7.99. The van der Waals surface area contributed by atoms with Crippen LogP contribution in [-0.2, 0) is 10.5 Å². The van der Waals surface area contributed by atoms with Gasteiger partial charge in [0.25, 0.3) is 0 Å². The van der Waals surface area contributed by atoms with Gasteiger partial charge in [-0.15, -0.1) is 11.8 Å². The van der Waals surface area contributed by atoms with Crippen LogP contribution in [0.1, 0.15) is 36.8 Å². The first kappa shape index (κ1) is 17.4. The summed E-state index contributed by atoms with van der Waals surface area (Å²) in [5.74, 6) is 1.63. The van der Waals surface area contributed by atoms with Crippen molar-refractivity contribution in [3.05, 3.63) is 35.4 Å². The molecule has 0 bridgehead atoms. The molecule has 0 aromatic heterocycles. The maximum absolute atomic E-state index is 11.8. The summed E-state index contributed by atoms with van der Waals surface area (Å²) < 4.78 is 0. The maximum atomic E-state index is 11.8. The second kappa shape index (κ2) is 9.90. The van der Waals surface area contributed by atoms with Crippen molar-refractivity contribution >= 4 is 17.7 Å². The van der Waals surface area contributed by atoms with Gasteiger partial charge in [0.1, 0.15) is 0 Å². The highest BCUT2D eigenvalue weighted by atomic mass is 32.2. The summed E-state index contributed by atoms with van der Waals surface area (Å²) >= 11 is 1.69. The Kier molecular flexibility index (Phi) is 7.81. The van der Waals surface area contributed by atoms with E-state index in [4.69, 9.17) is 0 Å². The molecule has 0 spiro atoms. The van der Waals surface area contributed by atoms with Gasteiger partial charge in [0.15, 0.2) is 0 Å². The second-order valence-corrected chi connectivity index (χ2v) is 7.01. The van der Waals surface area contributed by atoms with Crippen molar-refractivity contribution in [2.75, 3.05) is 31.9 Å². The third-order valence-corrected chi connectivity index (χ3v) is 5.16. The first-order valence-electron chi connectivity index (χ1n) is 8.37. The minimum absolute atomic E-state index is 0.164. The van der Waals surface area contributed by atoms with Gasteiger partial charge in [0.2, 0.25) is 5.91 Å². The smallest absolute Gasteiger partial charge is 0.230 e. The standard InChI is InChI=1S/C18H28N2OS/c1-16-8-3-4-9-17(16)14-22-15-18(21)19-10-7-13-20-11-5-2-6-12-20/h3-4,8-9H,2,5-7,10-15H2,1H3,(H,19,21). The summed E-state index contributed by atoms with van der Waals surface area (Å²) in [6, 6.07) is 8.37. The molecule has 1 aromatic carbocycles. The number of thioether (sulfide) groups is 1. The number of likely N-dealkylation sites (tertiary alicyclic amines) is 1. The molecule has 122 valence electrons. The van der Waals surface area contributed by atoms with Crippen molar-refractivity contribution in [3.63, 3.8) is 0 Å². The quantitative estimate of drug-likeness (QED) is 0.747. The van der Waals surface area contributed by atoms with Crippen molar-refractivity contribution in [1.29, 1.82) is 0 Å². The minimum Gasteiger partial charge on any atom is -0.355 e. The number of aryl methyl sites for hydroxylation is 1.